The van der Waals surface area contributed by atoms with Gasteiger partial charge in [0.25, 0.3) is 0 Å². The molecule has 0 aliphatic carbocycles. The van der Waals surface area contributed by atoms with Crippen LogP contribution in [0.25, 0.3) is 0 Å². The smallest absolute Gasteiger partial charge is 0.0946 e. The summed E-state index contributed by atoms with van der Waals surface area (Å²) in [6.07, 6.45) is 6.69. The molecule has 19 heavy (non-hydrogen) atoms. The van der Waals surface area contributed by atoms with Gasteiger partial charge in [0, 0.05) is 13.6 Å². The van der Waals surface area contributed by atoms with Crippen LogP contribution in [0.15, 0.2) is 23.2 Å². The van der Waals surface area contributed by atoms with Crippen molar-refractivity contribution in [2.75, 3.05) is 6.54 Å². The van der Waals surface area contributed by atoms with E-state index in [1.54, 1.807) is 0 Å². The second kappa shape index (κ2) is 6.34. The van der Waals surface area contributed by atoms with Crippen LogP contribution in [0.4, 0.5) is 0 Å². The van der Waals surface area contributed by atoms with Crippen LogP contribution in [0.3, 0.4) is 0 Å². The summed E-state index contributed by atoms with van der Waals surface area (Å²) in [5.74, 6) is 0. The highest BCUT2D eigenvalue weighted by Crippen LogP contribution is 2.28. The standard InChI is InChI=1S/C13H20BrN5/c1-4-6-16-12(11-8-15-9-18(11)3)13-10(14)7-17-19(13)5-2/h7-9,12,16H,4-6H2,1-3H3. The molecule has 2 rings (SSSR count). The van der Waals surface area contributed by atoms with Crippen molar-refractivity contribution in [2.45, 2.75) is 32.9 Å². The summed E-state index contributed by atoms with van der Waals surface area (Å²) in [5.41, 5.74) is 2.30. The van der Waals surface area contributed by atoms with Gasteiger partial charge in [-0.1, -0.05) is 6.92 Å². The normalized spacial score (nSPS) is 12.8. The number of hydrogen-bond donors (Lipinski definition) is 1. The number of aromatic nitrogens is 4. The van der Waals surface area contributed by atoms with Gasteiger partial charge in [-0.2, -0.15) is 5.10 Å². The lowest BCUT2D eigenvalue weighted by molar-refractivity contribution is 0.510. The molecule has 2 aromatic rings. The van der Waals surface area contributed by atoms with Gasteiger partial charge in [0.2, 0.25) is 0 Å². The fourth-order valence-electron chi connectivity index (χ4n) is 2.19. The van der Waals surface area contributed by atoms with Crippen LogP contribution in [0.2, 0.25) is 0 Å². The molecule has 0 aromatic carbocycles. The number of nitrogens with one attached hydrogen (secondary N) is 1. The monoisotopic (exact) mass is 325 g/mol. The third-order valence-electron chi connectivity index (χ3n) is 3.15. The van der Waals surface area contributed by atoms with Crippen molar-refractivity contribution < 1.29 is 0 Å². The molecule has 1 unspecified atom stereocenters. The Morgan fingerprint density at radius 3 is 2.74 bits per heavy atom. The van der Waals surface area contributed by atoms with Gasteiger partial charge in [0.15, 0.2) is 0 Å². The molecular weight excluding hydrogens is 306 g/mol. The fraction of sp³-hybridized carbons (Fsp3) is 0.538. The minimum absolute atomic E-state index is 0.101. The molecule has 2 aromatic heterocycles. The van der Waals surface area contributed by atoms with Gasteiger partial charge in [-0.15, -0.1) is 0 Å². The van der Waals surface area contributed by atoms with E-state index in [9.17, 15) is 0 Å². The molecule has 1 atom stereocenters. The van der Waals surface area contributed by atoms with Gasteiger partial charge < -0.3 is 9.88 Å². The van der Waals surface area contributed by atoms with Crippen LogP contribution in [-0.2, 0) is 13.6 Å². The highest BCUT2D eigenvalue weighted by Gasteiger charge is 2.23. The molecule has 2 heterocycles. The minimum Gasteiger partial charge on any atom is -0.336 e. The van der Waals surface area contributed by atoms with Gasteiger partial charge >= 0.3 is 0 Å². The molecule has 104 valence electrons. The van der Waals surface area contributed by atoms with Crippen molar-refractivity contribution in [3.63, 3.8) is 0 Å². The molecule has 6 heteroatoms. The van der Waals surface area contributed by atoms with Crippen LogP contribution >= 0.6 is 15.9 Å². The number of halogens is 1. The Kier molecular flexibility index (Phi) is 4.76. The maximum Gasteiger partial charge on any atom is 0.0946 e. The average molecular weight is 326 g/mol. The fourth-order valence-corrected chi connectivity index (χ4v) is 2.71. The Morgan fingerprint density at radius 1 is 1.37 bits per heavy atom. The zero-order chi connectivity index (χ0) is 13.8. The van der Waals surface area contributed by atoms with E-state index in [2.05, 4.69) is 45.2 Å². The predicted molar refractivity (Wildman–Crippen MR) is 78.9 cm³/mol. The minimum atomic E-state index is 0.101. The van der Waals surface area contributed by atoms with Gasteiger partial charge in [0.05, 0.1) is 40.6 Å². The number of nitrogens with zero attached hydrogens (tertiary/aromatic N) is 4. The summed E-state index contributed by atoms with van der Waals surface area (Å²) >= 11 is 3.61. The van der Waals surface area contributed by atoms with Crippen molar-refractivity contribution >= 4 is 15.9 Å². The van der Waals surface area contributed by atoms with Crippen LogP contribution in [0, 0.1) is 0 Å². The van der Waals surface area contributed by atoms with E-state index in [0.717, 1.165) is 35.4 Å². The molecule has 1 N–H and O–H groups in total. The highest BCUT2D eigenvalue weighted by molar-refractivity contribution is 9.10. The summed E-state index contributed by atoms with van der Waals surface area (Å²) in [5, 5.41) is 7.98. The van der Waals surface area contributed by atoms with Gasteiger partial charge in [-0.05, 0) is 35.8 Å². The van der Waals surface area contributed by atoms with E-state index in [4.69, 9.17) is 0 Å². The lowest BCUT2D eigenvalue weighted by Crippen LogP contribution is -2.27. The van der Waals surface area contributed by atoms with E-state index >= 15 is 0 Å². The Bertz CT molecular complexity index is 531. The quantitative estimate of drug-likeness (QED) is 0.887. The zero-order valence-corrected chi connectivity index (χ0v) is 13.2. The van der Waals surface area contributed by atoms with Gasteiger partial charge in [0.1, 0.15) is 0 Å². The Hall–Kier alpha value is -1.14. The van der Waals surface area contributed by atoms with Crippen molar-refractivity contribution in [1.29, 1.82) is 0 Å². The van der Waals surface area contributed by atoms with Crippen molar-refractivity contribution in [3.05, 3.63) is 34.6 Å². The first kappa shape index (κ1) is 14.3. The largest absolute Gasteiger partial charge is 0.336 e. The molecule has 0 radical (unpaired) electrons. The van der Waals surface area contributed by atoms with Crippen LogP contribution in [0.1, 0.15) is 37.7 Å². The second-order valence-electron chi connectivity index (χ2n) is 4.51. The SMILES string of the molecule is CCCNC(c1cncn1C)c1c(Br)cnn1CC. The molecule has 0 saturated heterocycles. The molecule has 0 aliphatic rings. The van der Waals surface area contributed by atoms with Crippen LogP contribution in [0.5, 0.6) is 0 Å². The summed E-state index contributed by atoms with van der Waals surface area (Å²) in [6.45, 7) is 6.07. The number of aryl methyl sites for hydroxylation is 2. The van der Waals surface area contributed by atoms with Crippen LogP contribution in [-0.4, -0.2) is 25.9 Å². The summed E-state index contributed by atoms with van der Waals surface area (Å²) in [6, 6.07) is 0.101. The Labute approximate surface area is 122 Å². The molecular formula is C13H20BrN5. The second-order valence-corrected chi connectivity index (χ2v) is 5.36. The van der Waals surface area contributed by atoms with E-state index in [1.165, 1.54) is 0 Å². The zero-order valence-electron chi connectivity index (χ0n) is 11.6. The highest BCUT2D eigenvalue weighted by atomic mass is 79.9. The van der Waals surface area contributed by atoms with E-state index in [0.29, 0.717) is 0 Å². The lowest BCUT2D eigenvalue weighted by atomic mass is 10.1. The first-order chi connectivity index (χ1) is 9.19. The maximum atomic E-state index is 4.40. The molecule has 0 aliphatic heterocycles. The van der Waals surface area contributed by atoms with E-state index in [-0.39, 0.29) is 6.04 Å². The molecule has 0 bridgehead atoms. The Morgan fingerprint density at radius 2 is 2.16 bits per heavy atom. The van der Waals surface area contributed by atoms with Crippen molar-refractivity contribution in [3.8, 4) is 0 Å². The number of rotatable bonds is 6. The lowest BCUT2D eigenvalue weighted by Gasteiger charge is -2.20. The molecule has 0 fully saturated rings. The third kappa shape index (κ3) is 2.90. The summed E-state index contributed by atoms with van der Waals surface area (Å²) < 4.78 is 5.10. The number of imidazole rings is 1. The van der Waals surface area contributed by atoms with Gasteiger partial charge in [-0.25, -0.2) is 4.98 Å². The maximum absolute atomic E-state index is 4.40. The van der Waals surface area contributed by atoms with Crippen molar-refractivity contribution in [2.24, 2.45) is 7.05 Å². The molecule has 0 amide bonds. The molecule has 0 spiro atoms. The summed E-state index contributed by atoms with van der Waals surface area (Å²) in [7, 11) is 2.02. The first-order valence-corrected chi connectivity index (χ1v) is 7.39. The molecule has 0 saturated carbocycles. The number of hydrogen-bond acceptors (Lipinski definition) is 3. The molecule has 5 nitrogen and oxygen atoms in total. The topological polar surface area (TPSA) is 47.7 Å². The first-order valence-electron chi connectivity index (χ1n) is 6.59. The third-order valence-corrected chi connectivity index (χ3v) is 3.77. The van der Waals surface area contributed by atoms with E-state index in [1.807, 2.05) is 35.0 Å². The van der Waals surface area contributed by atoms with Gasteiger partial charge in [-0.3, -0.25) is 4.68 Å². The average Bonchev–Trinajstić information content (AvgIpc) is 2.98. The van der Waals surface area contributed by atoms with Crippen molar-refractivity contribution in [1.82, 2.24) is 24.6 Å². The Balaban J connectivity index is 2.42. The van der Waals surface area contributed by atoms with E-state index < -0.39 is 0 Å². The van der Waals surface area contributed by atoms with Crippen LogP contribution < -0.4 is 5.32 Å². The predicted octanol–water partition coefficient (Wildman–Crippen LogP) is 2.49. The summed E-state index contributed by atoms with van der Waals surface area (Å²) in [4.78, 5) is 4.22.